The average Bonchev–Trinajstić information content (AvgIpc) is 2.33. The summed E-state index contributed by atoms with van der Waals surface area (Å²) in [4.78, 5) is 17.7. The Bertz CT molecular complexity index is 317. The number of nitrogens with zero attached hydrogens (tertiary/aromatic N) is 2. The third-order valence-electron chi connectivity index (χ3n) is 2.73. The Morgan fingerprint density at radius 3 is 2.53 bits per heavy atom. The molecule has 0 spiro atoms. The predicted octanol–water partition coefficient (Wildman–Crippen LogP) is 1.31. The minimum absolute atomic E-state index is 0.417. The standard InChI is InChI=1S/C13H26N4O2/c1-13(2,3)19-12(18)16-8-7-15-11(14)17-9-5-4-6-10-17/h4-10H2,1-3H3,(H2,14,15)(H,16,18). The molecule has 1 fully saturated rings. The Labute approximate surface area is 115 Å². The van der Waals surface area contributed by atoms with E-state index in [9.17, 15) is 4.79 Å². The van der Waals surface area contributed by atoms with E-state index in [1.54, 1.807) is 0 Å². The molecule has 0 aromatic carbocycles. The zero-order valence-electron chi connectivity index (χ0n) is 12.2. The van der Waals surface area contributed by atoms with Crippen molar-refractivity contribution in [1.82, 2.24) is 10.2 Å². The highest BCUT2D eigenvalue weighted by atomic mass is 16.6. The molecule has 1 rings (SSSR count). The number of nitrogens with two attached hydrogens (primary N) is 1. The Balaban J connectivity index is 2.20. The normalized spacial score (nSPS) is 17.2. The van der Waals surface area contributed by atoms with Crippen molar-refractivity contribution in [2.45, 2.75) is 45.6 Å². The van der Waals surface area contributed by atoms with Crippen LogP contribution in [0.4, 0.5) is 4.79 Å². The molecular weight excluding hydrogens is 244 g/mol. The molecule has 19 heavy (non-hydrogen) atoms. The second-order valence-electron chi connectivity index (χ2n) is 5.72. The number of aliphatic imine (C=N–C) groups is 1. The topological polar surface area (TPSA) is 79.9 Å². The Hall–Kier alpha value is -1.46. The number of carbonyl (C=O) groups excluding carboxylic acids is 1. The molecule has 0 atom stereocenters. The smallest absolute Gasteiger partial charge is 0.407 e. The molecule has 1 aliphatic heterocycles. The van der Waals surface area contributed by atoms with E-state index < -0.39 is 11.7 Å². The van der Waals surface area contributed by atoms with Crippen molar-refractivity contribution in [2.24, 2.45) is 10.7 Å². The van der Waals surface area contributed by atoms with E-state index >= 15 is 0 Å². The van der Waals surface area contributed by atoms with Gasteiger partial charge in [0, 0.05) is 19.6 Å². The lowest BCUT2D eigenvalue weighted by molar-refractivity contribution is 0.0529. The number of alkyl carbamates (subject to hydrolysis) is 1. The summed E-state index contributed by atoms with van der Waals surface area (Å²) < 4.78 is 5.12. The zero-order chi connectivity index (χ0) is 14.3. The van der Waals surface area contributed by atoms with Crippen molar-refractivity contribution in [3.05, 3.63) is 0 Å². The highest BCUT2D eigenvalue weighted by molar-refractivity contribution is 5.78. The molecule has 110 valence electrons. The van der Waals surface area contributed by atoms with E-state index in [2.05, 4.69) is 15.2 Å². The van der Waals surface area contributed by atoms with Gasteiger partial charge in [0.15, 0.2) is 5.96 Å². The lowest BCUT2D eigenvalue weighted by atomic mass is 10.1. The van der Waals surface area contributed by atoms with Crippen LogP contribution >= 0.6 is 0 Å². The minimum Gasteiger partial charge on any atom is -0.444 e. The van der Waals surface area contributed by atoms with Crippen LogP contribution in [0.25, 0.3) is 0 Å². The molecule has 1 heterocycles. The summed E-state index contributed by atoms with van der Waals surface area (Å²) in [5.74, 6) is 0.575. The summed E-state index contributed by atoms with van der Waals surface area (Å²) in [6, 6.07) is 0. The fraction of sp³-hybridized carbons (Fsp3) is 0.846. The van der Waals surface area contributed by atoms with Gasteiger partial charge in [0.1, 0.15) is 5.60 Å². The van der Waals surface area contributed by atoms with Gasteiger partial charge >= 0.3 is 6.09 Å². The number of hydrogen-bond acceptors (Lipinski definition) is 3. The van der Waals surface area contributed by atoms with Gasteiger partial charge in [-0.05, 0) is 40.0 Å². The Kier molecular flexibility index (Phi) is 5.92. The zero-order valence-corrected chi connectivity index (χ0v) is 12.2. The Morgan fingerprint density at radius 1 is 1.32 bits per heavy atom. The monoisotopic (exact) mass is 270 g/mol. The van der Waals surface area contributed by atoms with Crippen LogP contribution in [-0.4, -0.2) is 48.7 Å². The first kappa shape index (κ1) is 15.6. The van der Waals surface area contributed by atoms with Gasteiger partial charge in [0.05, 0.1) is 6.54 Å². The number of ether oxygens (including phenoxy) is 1. The first-order valence-corrected chi connectivity index (χ1v) is 6.90. The summed E-state index contributed by atoms with van der Waals surface area (Å²) in [7, 11) is 0. The first-order chi connectivity index (χ1) is 8.88. The molecule has 0 saturated carbocycles. The largest absolute Gasteiger partial charge is 0.444 e. The van der Waals surface area contributed by atoms with Crippen LogP contribution in [-0.2, 0) is 4.74 Å². The van der Waals surface area contributed by atoms with Gasteiger partial charge in [0.2, 0.25) is 0 Å². The van der Waals surface area contributed by atoms with Crippen molar-refractivity contribution in [1.29, 1.82) is 0 Å². The lowest BCUT2D eigenvalue weighted by Crippen LogP contribution is -2.41. The van der Waals surface area contributed by atoms with Crippen LogP contribution in [0.1, 0.15) is 40.0 Å². The quantitative estimate of drug-likeness (QED) is 0.460. The molecule has 0 bridgehead atoms. The molecule has 1 saturated heterocycles. The second-order valence-corrected chi connectivity index (χ2v) is 5.72. The third-order valence-corrected chi connectivity index (χ3v) is 2.73. The molecule has 3 N–H and O–H groups in total. The third kappa shape index (κ3) is 6.88. The SMILES string of the molecule is CC(C)(C)OC(=O)NCCN=C(N)N1CCCCC1. The van der Waals surface area contributed by atoms with Crippen LogP contribution in [0.5, 0.6) is 0 Å². The van der Waals surface area contributed by atoms with Gasteiger partial charge in [-0.15, -0.1) is 0 Å². The van der Waals surface area contributed by atoms with E-state index in [0.29, 0.717) is 19.0 Å². The van der Waals surface area contributed by atoms with E-state index in [1.165, 1.54) is 19.3 Å². The first-order valence-electron chi connectivity index (χ1n) is 6.90. The fourth-order valence-corrected chi connectivity index (χ4v) is 1.87. The molecule has 1 amide bonds. The molecule has 6 nitrogen and oxygen atoms in total. The summed E-state index contributed by atoms with van der Waals surface area (Å²) >= 11 is 0. The lowest BCUT2D eigenvalue weighted by Gasteiger charge is -2.27. The van der Waals surface area contributed by atoms with E-state index in [-0.39, 0.29) is 0 Å². The maximum Gasteiger partial charge on any atom is 0.407 e. The van der Waals surface area contributed by atoms with Gasteiger partial charge in [-0.1, -0.05) is 0 Å². The van der Waals surface area contributed by atoms with E-state index in [1.807, 2.05) is 20.8 Å². The number of amides is 1. The van der Waals surface area contributed by atoms with Crippen LogP contribution in [0.15, 0.2) is 4.99 Å². The molecule has 0 unspecified atom stereocenters. The molecule has 0 radical (unpaired) electrons. The number of guanidine groups is 1. The highest BCUT2D eigenvalue weighted by Gasteiger charge is 2.15. The number of nitrogens with one attached hydrogen (secondary N) is 1. The van der Waals surface area contributed by atoms with Crippen LogP contribution in [0.3, 0.4) is 0 Å². The summed E-state index contributed by atoms with van der Waals surface area (Å²) in [6.07, 6.45) is 3.20. The van der Waals surface area contributed by atoms with Gasteiger partial charge in [-0.25, -0.2) is 4.79 Å². The van der Waals surface area contributed by atoms with Crippen LogP contribution in [0.2, 0.25) is 0 Å². The van der Waals surface area contributed by atoms with Gasteiger partial charge < -0.3 is 20.7 Å². The number of rotatable bonds is 3. The van der Waals surface area contributed by atoms with Crippen molar-refractivity contribution < 1.29 is 9.53 Å². The number of carbonyl (C=O) groups is 1. The van der Waals surface area contributed by atoms with Gasteiger partial charge in [-0.2, -0.15) is 0 Å². The average molecular weight is 270 g/mol. The molecular formula is C13H26N4O2. The maximum absolute atomic E-state index is 11.4. The summed E-state index contributed by atoms with van der Waals surface area (Å²) in [5.41, 5.74) is 5.43. The van der Waals surface area contributed by atoms with Crippen molar-refractivity contribution >= 4 is 12.1 Å². The molecule has 0 aliphatic carbocycles. The number of hydrogen-bond donors (Lipinski definition) is 2. The maximum atomic E-state index is 11.4. The minimum atomic E-state index is -0.472. The van der Waals surface area contributed by atoms with E-state index in [4.69, 9.17) is 10.5 Å². The number of piperidine rings is 1. The van der Waals surface area contributed by atoms with Crippen LogP contribution < -0.4 is 11.1 Å². The molecule has 1 aliphatic rings. The number of likely N-dealkylation sites (tertiary alicyclic amines) is 1. The second kappa shape index (κ2) is 7.21. The summed E-state index contributed by atoms with van der Waals surface area (Å²) in [5, 5.41) is 2.66. The predicted molar refractivity (Wildman–Crippen MR) is 76.2 cm³/mol. The van der Waals surface area contributed by atoms with E-state index in [0.717, 1.165) is 13.1 Å². The Morgan fingerprint density at radius 2 is 1.95 bits per heavy atom. The molecule has 0 aromatic rings. The van der Waals surface area contributed by atoms with Crippen molar-refractivity contribution in [2.75, 3.05) is 26.2 Å². The highest BCUT2D eigenvalue weighted by Crippen LogP contribution is 2.08. The van der Waals surface area contributed by atoms with Gasteiger partial charge in [0.25, 0.3) is 0 Å². The molecule has 6 heteroatoms. The van der Waals surface area contributed by atoms with Gasteiger partial charge in [-0.3, -0.25) is 4.99 Å². The van der Waals surface area contributed by atoms with Crippen molar-refractivity contribution in [3.8, 4) is 0 Å². The van der Waals surface area contributed by atoms with Crippen LogP contribution in [0, 0.1) is 0 Å². The molecule has 0 aromatic heterocycles. The van der Waals surface area contributed by atoms with Crippen molar-refractivity contribution in [3.63, 3.8) is 0 Å². The fourth-order valence-electron chi connectivity index (χ4n) is 1.87. The summed E-state index contributed by atoms with van der Waals surface area (Å²) in [6.45, 7) is 8.37.